The minimum atomic E-state index is -3.14. The van der Waals surface area contributed by atoms with E-state index in [0.29, 0.717) is 0 Å². The van der Waals surface area contributed by atoms with Crippen molar-refractivity contribution in [2.75, 3.05) is 59.5 Å². The molecule has 4 rings (SSSR count). The first-order valence-electron chi connectivity index (χ1n) is 38.1. The molecule has 0 aliphatic carbocycles. The lowest BCUT2D eigenvalue weighted by Crippen LogP contribution is -2.66. The van der Waals surface area contributed by atoms with E-state index in [1.54, 1.807) is 0 Å². The van der Waals surface area contributed by atoms with E-state index >= 15 is 0 Å². The van der Waals surface area contributed by atoms with Crippen LogP contribution in [0.15, 0.2) is 0 Å². The van der Waals surface area contributed by atoms with Gasteiger partial charge in [-0.3, -0.25) is 0 Å². The Morgan fingerprint density at radius 1 is 0.256 bits per heavy atom. The second kappa shape index (κ2) is 49.8. The van der Waals surface area contributed by atoms with E-state index in [-0.39, 0.29) is 6.61 Å². The molecule has 20 unspecified atom stereocenters. The lowest BCUT2D eigenvalue weighted by atomic mass is 9.93. The molecule has 4 aliphatic heterocycles. The second-order valence-electron chi connectivity index (χ2n) is 30.3. The fraction of sp³-hybridized carbons (Fsp3) is 1.00. The molecule has 4 heterocycles. The molecule has 0 spiro atoms. The molecule has 49 nitrogen and oxygen atoms in total. The van der Waals surface area contributed by atoms with E-state index in [2.05, 4.69) is 0 Å². The Morgan fingerprint density at radius 3 is 0.889 bits per heavy atom. The Labute approximate surface area is 671 Å². The van der Waals surface area contributed by atoms with Gasteiger partial charge in [-0.2, -0.15) is 0 Å². The van der Waals surface area contributed by atoms with Gasteiger partial charge in [0.1, 0.15) is 159 Å². The van der Waals surface area contributed by atoms with Crippen molar-refractivity contribution < 1.29 is 245 Å². The maximum Gasteiger partial charge on any atom is 0.187 e. The van der Waals surface area contributed by atoms with E-state index in [1.165, 1.54) is 20.8 Å². The number of rotatable bonds is 52. The maximum atomic E-state index is 12.4. The number of hydrogen-bond donors (Lipinski definition) is 35. The lowest BCUT2D eigenvalue weighted by Gasteiger charge is -2.48. The van der Waals surface area contributed by atoms with Crippen LogP contribution >= 0.6 is 0 Å². The Balaban J connectivity index is 1.79. The number of aliphatic hydroxyl groups excluding tert-OH is 35. The first kappa shape index (κ1) is 107. The van der Waals surface area contributed by atoms with Crippen molar-refractivity contribution in [2.24, 2.45) is 35.5 Å². The smallest absolute Gasteiger partial charge is 0.187 e. The van der Waals surface area contributed by atoms with Crippen LogP contribution in [0.5, 0.6) is 0 Å². The molecule has 0 amide bonds. The van der Waals surface area contributed by atoms with Crippen LogP contribution in [0.2, 0.25) is 0 Å². The molecule has 0 radical (unpaired) electrons. The summed E-state index contributed by atoms with van der Waals surface area (Å²) in [4.78, 5) is 0. The fourth-order valence-electron chi connectivity index (χ4n) is 12.9. The van der Waals surface area contributed by atoms with Gasteiger partial charge in [-0.25, -0.2) is 0 Å². The Kier molecular flexibility index (Phi) is 45.7. The van der Waals surface area contributed by atoms with Crippen LogP contribution in [-0.2, 0) is 66.3 Å². The summed E-state index contributed by atoms with van der Waals surface area (Å²) in [6.07, 6.45) is -105. The molecule has 49 heteroatoms. The summed E-state index contributed by atoms with van der Waals surface area (Å²) >= 11 is 0. The minimum absolute atomic E-state index is 0.0694. The zero-order valence-corrected chi connectivity index (χ0v) is 65.6. The topological polar surface area (TPSA) is 837 Å². The summed E-state index contributed by atoms with van der Waals surface area (Å²) in [6, 6.07) is 0. The highest BCUT2D eigenvalue weighted by molar-refractivity contribution is 5.00. The van der Waals surface area contributed by atoms with Crippen molar-refractivity contribution in [3.8, 4) is 0 Å². The van der Waals surface area contributed by atoms with Crippen LogP contribution in [-0.4, -0.2) is 509 Å². The van der Waals surface area contributed by atoms with Gasteiger partial charge >= 0.3 is 0 Å². The zero-order valence-electron chi connectivity index (χ0n) is 65.6. The highest BCUT2D eigenvalue weighted by Crippen LogP contribution is 2.38. The standard InChI is InChI=1S/C68H130O49/c1-10-104-65-46(94)54(37(85)27(17-75)107-65)115-66-47(95)52(35(83)25(8)105-66)110-62(101)45(93)51(33(81)23(6)15-73)112-64(103)58(114-60(99)43(91)40(88)30(78)20(3)12-70)56(34(82)24(7)16-74)117-68-49(97)55(38(86)28(18-76)108-68)116-67-48(96)53(36(84)26(9)106-67)109-61(100)44(92)50(32(80)22(5)14-72)111-63(102)57(41(89)31(79)21(4)13-71)113-59(98)42(90)39(87)29(77)19(2)11-69/h19-103H,10-18H2,1-9H3/t19?,20?,21?,22?,23?,24?,25?,26?,27?,28?,29-,30-,31-,32-,33-,34-,35+,36+,37-,38-,39+,40+,41+,42?,43?,44?,45?,46?,47+,48+,49?,50+,51+,52?,53?,54+,55+,56+,57?,58?,59-,60-,61+,62+,63+,64+,65-,66+,67+,68+/m1/s1. The Morgan fingerprint density at radius 2 is 0.547 bits per heavy atom. The van der Waals surface area contributed by atoms with Crippen molar-refractivity contribution >= 4 is 0 Å². The Hall–Kier alpha value is -1.96. The van der Waals surface area contributed by atoms with Crippen molar-refractivity contribution in [3.63, 3.8) is 0 Å². The van der Waals surface area contributed by atoms with Crippen LogP contribution in [0.1, 0.15) is 62.3 Å². The van der Waals surface area contributed by atoms with E-state index in [4.69, 9.17) is 66.3 Å². The second-order valence-corrected chi connectivity index (χ2v) is 30.3. The third kappa shape index (κ3) is 27.3. The summed E-state index contributed by atoms with van der Waals surface area (Å²) < 4.78 is 78.5. The van der Waals surface area contributed by atoms with Crippen LogP contribution in [0.25, 0.3) is 0 Å². The molecule has 4 fully saturated rings. The first-order chi connectivity index (χ1) is 54.7. The molecular formula is C68H130O49. The van der Waals surface area contributed by atoms with Gasteiger partial charge in [-0.15, -0.1) is 0 Å². The maximum absolute atomic E-state index is 12.4. The molecule has 4 saturated heterocycles. The summed E-state index contributed by atoms with van der Waals surface area (Å²) in [6.45, 7) is 2.70. The quantitative estimate of drug-likeness (QED) is 0.0252. The molecule has 0 aromatic heterocycles. The summed E-state index contributed by atoms with van der Waals surface area (Å²) in [5, 5.41) is 389. The van der Waals surface area contributed by atoms with Gasteiger partial charge in [-0.05, 0) is 20.8 Å². The first-order valence-corrected chi connectivity index (χ1v) is 38.1. The summed E-state index contributed by atoms with van der Waals surface area (Å²) in [7, 11) is 0. The average Bonchev–Trinajstić information content (AvgIpc) is 0.773. The van der Waals surface area contributed by atoms with E-state index < -0.39 is 359 Å². The average molecular weight is 1730 g/mol. The molecule has 0 bridgehead atoms. The van der Waals surface area contributed by atoms with Gasteiger partial charge in [0.2, 0.25) is 0 Å². The van der Waals surface area contributed by atoms with E-state index in [9.17, 15) is 179 Å². The van der Waals surface area contributed by atoms with E-state index in [1.807, 2.05) is 0 Å². The van der Waals surface area contributed by atoms with Crippen LogP contribution in [0.4, 0.5) is 0 Å². The molecule has 0 aromatic rings. The number of hydrogen-bond acceptors (Lipinski definition) is 49. The summed E-state index contributed by atoms with van der Waals surface area (Å²) in [5.74, 6) is -8.32. The molecule has 50 atom stereocenters. The molecule has 35 N–H and O–H groups in total. The number of ether oxygens (including phenoxy) is 14. The highest BCUT2D eigenvalue weighted by Gasteiger charge is 2.58. The van der Waals surface area contributed by atoms with Crippen molar-refractivity contribution in [1.82, 2.24) is 0 Å². The molecule has 117 heavy (non-hydrogen) atoms. The van der Waals surface area contributed by atoms with Crippen molar-refractivity contribution in [3.05, 3.63) is 0 Å². The van der Waals surface area contributed by atoms with Gasteiger partial charge in [0, 0.05) is 81.8 Å². The molecule has 0 aromatic carbocycles. The van der Waals surface area contributed by atoms with Gasteiger partial charge < -0.3 is 245 Å². The van der Waals surface area contributed by atoms with Crippen LogP contribution in [0.3, 0.4) is 0 Å². The molecule has 0 saturated carbocycles. The normalized spacial score (nSPS) is 36.2. The van der Waals surface area contributed by atoms with Crippen molar-refractivity contribution in [2.45, 2.75) is 333 Å². The van der Waals surface area contributed by atoms with Gasteiger partial charge in [0.25, 0.3) is 0 Å². The molecule has 4 aliphatic rings. The SMILES string of the molecule is CCO[C@@H]1OC(CO)[C@@H](O)[C@H](O[C@@H]2OC(C)[C@H](O)C(O[C@H](O)C(O)[C@@H](O[C@H](O)C(O[C@@H](O)C(O)[C@@H](O)[C@H](O)C(C)CO)[C@@H](O[C@@H]3OC(CO)[C@@H](O)[C@H](O[C@@H]4OC(C)[C@H](O)C(O[C@H](O)C(O)[C@@H](O[C@H](O)C(O[C@@H](O)C(O)[C@@H](O)[C@H](O)C(C)CO)[C@@H](O)[C@H](O)C(C)CO)[C@H](O)C(C)CO)[C@@H]4O)C3O)[C@H](O)C(C)CO)[C@H](O)C(C)CO)[C@@H]2O)C1O. The van der Waals surface area contributed by atoms with Crippen molar-refractivity contribution in [1.29, 1.82) is 0 Å². The summed E-state index contributed by atoms with van der Waals surface area (Å²) in [5.41, 5.74) is 0. The highest BCUT2D eigenvalue weighted by atomic mass is 16.8. The van der Waals surface area contributed by atoms with Gasteiger partial charge in [0.05, 0.1) is 62.0 Å². The fourth-order valence-corrected chi connectivity index (χ4v) is 12.9. The monoisotopic (exact) mass is 1730 g/mol. The van der Waals surface area contributed by atoms with Crippen LogP contribution < -0.4 is 0 Å². The van der Waals surface area contributed by atoms with Gasteiger partial charge in [-0.1, -0.05) is 41.5 Å². The minimum Gasteiger partial charge on any atom is -0.396 e. The Bertz CT molecular complexity index is 2690. The predicted molar refractivity (Wildman–Crippen MR) is 375 cm³/mol. The zero-order chi connectivity index (χ0) is 89.1. The predicted octanol–water partition coefficient (Wildman–Crippen LogP) is -18.3. The number of aliphatic hydroxyl groups is 35. The lowest BCUT2D eigenvalue weighted by molar-refractivity contribution is -0.383. The largest absolute Gasteiger partial charge is 0.396 e. The third-order valence-corrected chi connectivity index (χ3v) is 21.2. The molecule has 696 valence electrons. The van der Waals surface area contributed by atoms with Crippen LogP contribution in [0, 0.1) is 35.5 Å². The molecular weight excluding hydrogens is 1600 g/mol. The third-order valence-electron chi connectivity index (χ3n) is 21.2. The van der Waals surface area contributed by atoms with Gasteiger partial charge in [0.15, 0.2) is 62.9 Å². The van der Waals surface area contributed by atoms with E-state index in [0.717, 1.165) is 41.5 Å².